The minimum atomic E-state index is -4.36. The summed E-state index contributed by atoms with van der Waals surface area (Å²) >= 11 is 0. The molecule has 3 aromatic rings. The fraction of sp³-hybridized carbons (Fsp3) is 0.176. The van der Waals surface area contributed by atoms with Crippen LogP contribution in [0.4, 0.5) is 5.69 Å². The smallest absolute Gasteiger partial charge is 0.293 e. The van der Waals surface area contributed by atoms with Crippen molar-refractivity contribution in [1.82, 2.24) is 15.1 Å². The largest absolute Gasteiger partial charge is 0.419 e. The van der Waals surface area contributed by atoms with Gasteiger partial charge in [-0.2, -0.15) is 12.7 Å². The molecular weight excluding hydrogens is 420 g/mol. The molecule has 0 aliphatic carbocycles. The van der Waals surface area contributed by atoms with Gasteiger partial charge in [0.15, 0.2) is 5.75 Å². The van der Waals surface area contributed by atoms with Crippen LogP contribution >= 0.6 is 0 Å². The van der Waals surface area contributed by atoms with Gasteiger partial charge in [-0.05, 0) is 36.4 Å². The third kappa shape index (κ3) is 5.38. The lowest BCUT2D eigenvalue weighted by Crippen LogP contribution is -2.28. The molecule has 1 aromatic heterocycles. The number of hydrogen-bond donors (Lipinski definition) is 1. The minimum Gasteiger partial charge on any atom is -0.419 e. The molecule has 0 unspecified atom stereocenters. The molecule has 0 saturated heterocycles. The zero-order valence-corrected chi connectivity index (χ0v) is 17.1. The van der Waals surface area contributed by atoms with Crippen molar-refractivity contribution in [3.8, 4) is 11.5 Å². The third-order valence-corrected chi connectivity index (χ3v) is 5.96. The summed E-state index contributed by atoms with van der Waals surface area (Å²) in [5.41, 5.74) is 1.58. The molecule has 0 radical (unpaired) electrons. The number of benzene rings is 2. The molecule has 154 valence electrons. The van der Waals surface area contributed by atoms with Crippen molar-refractivity contribution in [3.05, 3.63) is 60.5 Å². The number of rotatable bonds is 8. The molecule has 10 nitrogen and oxygen atoms in total. The highest BCUT2D eigenvalue weighted by atomic mass is 32.2. The summed E-state index contributed by atoms with van der Waals surface area (Å²) in [4.78, 5) is 3.36. The predicted octanol–water partition coefficient (Wildman–Crippen LogP) is 1.54. The van der Waals surface area contributed by atoms with Crippen molar-refractivity contribution in [1.29, 1.82) is 0 Å². The summed E-state index contributed by atoms with van der Waals surface area (Å²) in [6.07, 6.45) is 0. The van der Waals surface area contributed by atoms with E-state index in [9.17, 15) is 16.8 Å². The van der Waals surface area contributed by atoms with Crippen LogP contribution in [0.3, 0.4) is 0 Å². The minimum absolute atomic E-state index is 0.130. The van der Waals surface area contributed by atoms with Gasteiger partial charge in [0.1, 0.15) is 0 Å². The Kier molecular flexibility index (Phi) is 5.98. The molecule has 29 heavy (non-hydrogen) atoms. The second-order valence-corrected chi connectivity index (χ2v) is 9.34. The number of aromatic nitrogens is 2. The molecular formula is C17H18N4O6S2. The number of nitrogens with one attached hydrogen (secondary N) is 1. The van der Waals surface area contributed by atoms with E-state index < -0.39 is 25.9 Å². The average molecular weight is 438 g/mol. The van der Waals surface area contributed by atoms with Gasteiger partial charge in [0.2, 0.25) is 11.8 Å². The standard InChI is InChI=1S/C17H18N4O6S2/c1-21(2)14-10-8-13(9-11-14)17-19-18-16(26-17)12-28(22,23)27-20-29(24,25)15-6-4-3-5-7-15/h3-11,20H,12H2,1-2H3. The van der Waals surface area contributed by atoms with Crippen LogP contribution in [-0.2, 0) is 30.2 Å². The van der Waals surface area contributed by atoms with Crippen LogP contribution in [0.15, 0.2) is 63.9 Å². The molecule has 0 atom stereocenters. The maximum absolute atomic E-state index is 12.1. The molecule has 0 fully saturated rings. The lowest BCUT2D eigenvalue weighted by molar-refractivity contribution is 0.271. The quantitative estimate of drug-likeness (QED) is 0.520. The van der Waals surface area contributed by atoms with Crippen molar-refractivity contribution in [3.63, 3.8) is 0 Å². The normalized spacial score (nSPS) is 12.1. The van der Waals surface area contributed by atoms with Crippen LogP contribution in [0.25, 0.3) is 11.5 Å². The highest BCUT2D eigenvalue weighted by molar-refractivity contribution is 7.90. The predicted molar refractivity (Wildman–Crippen MR) is 105 cm³/mol. The Morgan fingerprint density at radius 3 is 2.24 bits per heavy atom. The van der Waals surface area contributed by atoms with E-state index in [1.54, 1.807) is 23.1 Å². The van der Waals surface area contributed by atoms with E-state index in [0.717, 1.165) is 5.69 Å². The zero-order chi connectivity index (χ0) is 21.1. The first kappa shape index (κ1) is 20.9. The maximum atomic E-state index is 12.1. The fourth-order valence-electron chi connectivity index (χ4n) is 2.26. The summed E-state index contributed by atoms with van der Waals surface area (Å²) in [6.45, 7) is 0. The first-order valence-corrected chi connectivity index (χ1v) is 11.3. The first-order chi connectivity index (χ1) is 13.7. The molecule has 0 saturated carbocycles. The van der Waals surface area contributed by atoms with Crippen LogP contribution < -0.4 is 9.79 Å². The highest BCUT2D eigenvalue weighted by Crippen LogP contribution is 2.22. The van der Waals surface area contributed by atoms with Crippen LogP contribution in [0.5, 0.6) is 0 Å². The molecule has 2 aromatic carbocycles. The van der Waals surface area contributed by atoms with E-state index in [1.165, 1.54) is 24.3 Å². The monoisotopic (exact) mass is 438 g/mol. The van der Waals surface area contributed by atoms with Gasteiger partial charge in [-0.3, -0.25) is 0 Å². The average Bonchev–Trinajstić information content (AvgIpc) is 3.15. The van der Waals surface area contributed by atoms with Gasteiger partial charge in [0.05, 0.1) is 4.90 Å². The molecule has 1 heterocycles. The van der Waals surface area contributed by atoms with Crippen LogP contribution in [0.1, 0.15) is 5.89 Å². The van der Waals surface area contributed by atoms with Gasteiger partial charge in [0.25, 0.3) is 20.1 Å². The number of sulfonamides is 1. The molecule has 0 aliphatic rings. The second-order valence-electron chi connectivity index (χ2n) is 6.13. The van der Waals surface area contributed by atoms with Gasteiger partial charge >= 0.3 is 0 Å². The van der Waals surface area contributed by atoms with E-state index in [2.05, 4.69) is 14.5 Å². The molecule has 1 N–H and O–H groups in total. The summed E-state index contributed by atoms with van der Waals surface area (Å²) in [7, 11) is -4.71. The van der Waals surface area contributed by atoms with Crippen molar-refractivity contribution < 1.29 is 25.5 Å². The molecule has 0 spiro atoms. The van der Waals surface area contributed by atoms with Crippen LogP contribution in [0, 0.1) is 0 Å². The van der Waals surface area contributed by atoms with E-state index in [0.29, 0.717) is 5.56 Å². The summed E-state index contributed by atoms with van der Waals surface area (Å²) in [5, 5.41) is 7.49. The molecule has 0 amide bonds. The number of nitrogens with zero attached hydrogens (tertiary/aromatic N) is 3. The van der Waals surface area contributed by atoms with E-state index in [1.807, 2.05) is 31.1 Å². The SMILES string of the molecule is CN(C)c1ccc(-c2nnc(CS(=O)(=O)ONS(=O)(=O)c3ccccc3)o2)cc1. The Morgan fingerprint density at radius 2 is 1.62 bits per heavy atom. The van der Waals surface area contributed by atoms with Crippen molar-refractivity contribution in [2.75, 3.05) is 19.0 Å². The Morgan fingerprint density at radius 1 is 0.966 bits per heavy atom. The number of hydrogen-bond acceptors (Lipinski definition) is 9. The van der Waals surface area contributed by atoms with Gasteiger partial charge in [-0.25, -0.2) is 8.42 Å². The Bertz CT molecular complexity index is 1170. The number of anilines is 1. The summed E-state index contributed by atoms with van der Waals surface area (Å²) in [5.74, 6) is -0.909. The van der Waals surface area contributed by atoms with Gasteiger partial charge < -0.3 is 9.32 Å². The molecule has 3 rings (SSSR count). The topological polar surface area (TPSA) is 132 Å². The van der Waals surface area contributed by atoms with Crippen molar-refractivity contribution >= 4 is 25.8 Å². The van der Waals surface area contributed by atoms with E-state index in [4.69, 9.17) is 4.42 Å². The summed E-state index contributed by atoms with van der Waals surface area (Å²) in [6, 6.07) is 14.4. The Balaban J connectivity index is 1.67. The van der Waals surface area contributed by atoms with Crippen molar-refractivity contribution in [2.24, 2.45) is 0 Å². The van der Waals surface area contributed by atoms with E-state index in [-0.39, 0.29) is 16.7 Å². The first-order valence-electron chi connectivity index (χ1n) is 8.24. The lowest BCUT2D eigenvalue weighted by atomic mass is 10.2. The summed E-state index contributed by atoms with van der Waals surface area (Å²) < 4.78 is 58.0. The highest BCUT2D eigenvalue weighted by Gasteiger charge is 2.23. The van der Waals surface area contributed by atoms with Crippen LogP contribution in [0.2, 0.25) is 0 Å². The van der Waals surface area contributed by atoms with Gasteiger partial charge in [-0.15, -0.1) is 10.2 Å². The molecule has 0 bridgehead atoms. The fourth-order valence-corrected chi connectivity index (χ4v) is 4.12. The zero-order valence-electron chi connectivity index (χ0n) is 15.5. The Labute approximate surface area is 168 Å². The molecule has 12 heteroatoms. The van der Waals surface area contributed by atoms with Crippen LogP contribution in [-0.4, -0.2) is 41.1 Å². The van der Waals surface area contributed by atoms with E-state index >= 15 is 0 Å². The van der Waals surface area contributed by atoms with Gasteiger partial charge in [0, 0.05) is 25.3 Å². The van der Waals surface area contributed by atoms with Crippen molar-refractivity contribution in [2.45, 2.75) is 10.6 Å². The maximum Gasteiger partial charge on any atom is 0.293 e. The molecule has 0 aliphatic heterocycles. The Hall–Kier alpha value is -2.80. The third-order valence-electron chi connectivity index (χ3n) is 3.72. The second kappa shape index (κ2) is 8.29. The lowest BCUT2D eigenvalue weighted by Gasteiger charge is -2.11. The van der Waals surface area contributed by atoms with Gasteiger partial charge in [-0.1, -0.05) is 23.1 Å².